The van der Waals surface area contributed by atoms with E-state index in [0.717, 1.165) is 18.8 Å². The molecule has 16 heavy (non-hydrogen) atoms. The molecule has 90 valence electrons. The van der Waals surface area contributed by atoms with Crippen LogP contribution in [-0.2, 0) is 18.6 Å². The molecule has 0 bridgehead atoms. The van der Waals surface area contributed by atoms with Crippen molar-refractivity contribution in [3.63, 3.8) is 0 Å². The molecule has 1 heterocycles. The topological polar surface area (TPSA) is 50.9 Å². The first kappa shape index (κ1) is 11.6. The second-order valence-corrected chi connectivity index (χ2v) is 4.68. The van der Waals surface area contributed by atoms with E-state index in [4.69, 9.17) is 0 Å². The van der Waals surface area contributed by atoms with Crippen LogP contribution in [0.1, 0.15) is 57.6 Å². The van der Waals surface area contributed by atoms with Crippen molar-refractivity contribution in [3.05, 3.63) is 11.6 Å². The zero-order chi connectivity index (χ0) is 11.6. The Labute approximate surface area is 96.7 Å². The number of rotatable bonds is 4. The van der Waals surface area contributed by atoms with E-state index >= 15 is 0 Å². The summed E-state index contributed by atoms with van der Waals surface area (Å²) in [4.78, 5) is 0. The molecule has 0 spiro atoms. The summed E-state index contributed by atoms with van der Waals surface area (Å²) in [5.41, 5.74) is 0.219. The lowest BCUT2D eigenvalue weighted by atomic mass is 9.82. The van der Waals surface area contributed by atoms with Crippen molar-refractivity contribution in [1.29, 1.82) is 0 Å². The Hall–Kier alpha value is -0.900. The quantitative estimate of drug-likeness (QED) is 0.849. The number of hydrogen-bond acceptors (Lipinski definition) is 3. The van der Waals surface area contributed by atoms with E-state index in [9.17, 15) is 5.11 Å². The average Bonchev–Trinajstić information content (AvgIpc) is 2.95. The highest BCUT2D eigenvalue weighted by Gasteiger charge is 2.38. The van der Waals surface area contributed by atoms with Crippen molar-refractivity contribution in [2.75, 3.05) is 0 Å². The molecular weight excluding hydrogens is 202 g/mol. The second-order valence-electron chi connectivity index (χ2n) is 4.68. The van der Waals surface area contributed by atoms with Crippen molar-refractivity contribution in [2.45, 2.75) is 64.5 Å². The molecule has 0 aromatic carbocycles. The summed E-state index contributed by atoms with van der Waals surface area (Å²) in [6.07, 6.45) is 6.13. The highest BCUT2D eigenvalue weighted by molar-refractivity contribution is 5.12. The average molecular weight is 223 g/mol. The summed E-state index contributed by atoms with van der Waals surface area (Å²) in [6, 6.07) is 0. The van der Waals surface area contributed by atoms with Crippen molar-refractivity contribution in [1.82, 2.24) is 14.8 Å². The van der Waals surface area contributed by atoms with E-state index in [1.165, 1.54) is 25.7 Å². The molecule has 1 N–H and O–H groups in total. The van der Waals surface area contributed by atoms with Crippen LogP contribution in [0.2, 0.25) is 0 Å². The maximum absolute atomic E-state index is 9.24. The Morgan fingerprint density at radius 2 is 1.94 bits per heavy atom. The predicted molar refractivity (Wildman–Crippen MR) is 62.1 cm³/mol. The Morgan fingerprint density at radius 3 is 2.44 bits per heavy atom. The van der Waals surface area contributed by atoms with Gasteiger partial charge < -0.3 is 9.67 Å². The summed E-state index contributed by atoms with van der Waals surface area (Å²) in [5.74, 6) is 1.80. The van der Waals surface area contributed by atoms with Gasteiger partial charge in [0.2, 0.25) is 0 Å². The fourth-order valence-corrected chi connectivity index (χ4v) is 2.96. The molecule has 0 aliphatic heterocycles. The summed E-state index contributed by atoms with van der Waals surface area (Å²) in [5, 5.41) is 17.7. The zero-order valence-electron chi connectivity index (χ0n) is 10.2. The molecule has 0 amide bonds. The van der Waals surface area contributed by atoms with E-state index in [-0.39, 0.29) is 12.0 Å². The molecule has 0 unspecified atom stereocenters. The van der Waals surface area contributed by atoms with Crippen LogP contribution < -0.4 is 0 Å². The van der Waals surface area contributed by atoms with Gasteiger partial charge >= 0.3 is 0 Å². The minimum absolute atomic E-state index is 0.0133. The molecule has 1 aromatic heterocycles. The minimum Gasteiger partial charge on any atom is -0.388 e. The molecule has 1 fully saturated rings. The Morgan fingerprint density at radius 1 is 1.25 bits per heavy atom. The van der Waals surface area contributed by atoms with Crippen molar-refractivity contribution < 1.29 is 5.11 Å². The van der Waals surface area contributed by atoms with Gasteiger partial charge in [-0.25, -0.2) is 0 Å². The van der Waals surface area contributed by atoms with Crippen LogP contribution in [0.3, 0.4) is 0 Å². The van der Waals surface area contributed by atoms with Gasteiger partial charge in [0.1, 0.15) is 12.4 Å². The van der Waals surface area contributed by atoms with Gasteiger partial charge in [-0.1, -0.05) is 19.8 Å². The molecule has 1 saturated carbocycles. The minimum atomic E-state index is -0.0133. The number of aliphatic hydroxyl groups is 1. The molecule has 2 rings (SSSR count). The number of nitrogens with zero attached hydrogens (tertiary/aromatic N) is 3. The van der Waals surface area contributed by atoms with Gasteiger partial charge in [-0.05, 0) is 26.2 Å². The van der Waals surface area contributed by atoms with Crippen molar-refractivity contribution >= 4 is 0 Å². The third kappa shape index (κ3) is 1.65. The lowest BCUT2D eigenvalue weighted by Gasteiger charge is -2.26. The molecule has 0 saturated heterocycles. The summed E-state index contributed by atoms with van der Waals surface area (Å²) in [7, 11) is 0. The Bertz CT molecular complexity index is 353. The maximum Gasteiger partial charge on any atom is 0.158 e. The first-order valence-electron chi connectivity index (χ1n) is 6.31. The van der Waals surface area contributed by atoms with Gasteiger partial charge in [0.05, 0.1) is 0 Å². The fraction of sp³-hybridized carbons (Fsp3) is 0.833. The van der Waals surface area contributed by atoms with Gasteiger partial charge in [0, 0.05) is 12.0 Å². The number of aliphatic hydroxyl groups excluding tert-OH is 1. The molecule has 0 radical (unpaired) electrons. The fourth-order valence-electron chi connectivity index (χ4n) is 2.96. The molecule has 4 heteroatoms. The van der Waals surface area contributed by atoms with Gasteiger partial charge in [-0.3, -0.25) is 0 Å². The van der Waals surface area contributed by atoms with Gasteiger partial charge in [-0.15, -0.1) is 10.2 Å². The van der Waals surface area contributed by atoms with Crippen LogP contribution in [0, 0.1) is 0 Å². The van der Waals surface area contributed by atoms with Crippen LogP contribution in [0.4, 0.5) is 0 Å². The van der Waals surface area contributed by atoms with Crippen molar-refractivity contribution in [3.8, 4) is 0 Å². The van der Waals surface area contributed by atoms with Crippen LogP contribution in [0.15, 0.2) is 0 Å². The van der Waals surface area contributed by atoms with E-state index in [1.54, 1.807) is 0 Å². The first-order chi connectivity index (χ1) is 7.77. The highest BCUT2D eigenvalue weighted by atomic mass is 16.3. The van der Waals surface area contributed by atoms with E-state index in [2.05, 4.69) is 28.6 Å². The monoisotopic (exact) mass is 223 g/mol. The standard InChI is InChI=1S/C12H21N3O/c1-3-12(7-5-6-8-12)11-14-13-10(9-16)15(11)4-2/h16H,3-9H2,1-2H3. The lowest BCUT2D eigenvalue weighted by molar-refractivity contribution is 0.263. The van der Waals surface area contributed by atoms with Crippen molar-refractivity contribution in [2.24, 2.45) is 0 Å². The Balaban J connectivity index is 2.41. The highest BCUT2D eigenvalue weighted by Crippen LogP contribution is 2.42. The first-order valence-corrected chi connectivity index (χ1v) is 6.31. The van der Waals surface area contributed by atoms with Crippen LogP contribution >= 0.6 is 0 Å². The smallest absolute Gasteiger partial charge is 0.158 e. The maximum atomic E-state index is 9.24. The number of aromatic nitrogens is 3. The number of hydrogen-bond donors (Lipinski definition) is 1. The zero-order valence-corrected chi connectivity index (χ0v) is 10.2. The Kier molecular flexibility index (Phi) is 3.28. The van der Waals surface area contributed by atoms with Crippen LogP contribution in [0.5, 0.6) is 0 Å². The van der Waals surface area contributed by atoms with E-state index in [0.29, 0.717) is 5.82 Å². The van der Waals surface area contributed by atoms with Gasteiger partial charge in [0.25, 0.3) is 0 Å². The predicted octanol–water partition coefficient (Wildman–Crippen LogP) is 2.01. The second kappa shape index (κ2) is 4.53. The summed E-state index contributed by atoms with van der Waals surface area (Å²) < 4.78 is 2.09. The summed E-state index contributed by atoms with van der Waals surface area (Å²) in [6.45, 7) is 5.16. The van der Waals surface area contributed by atoms with E-state index in [1.807, 2.05) is 0 Å². The largest absolute Gasteiger partial charge is 0.388 e. The SMILES string of the molecule is CCn1c(CO)nnc1C1(CC)CCCC1. The van der Waals surface area contributed by atoms with E-state index < -0.39 is 0 Å². The molecule has 1 aromatic rings. The van der Waals surface area contributed by atoms with Crippen LogP contribution in [0.25, 0.3) is 0 Å². The van der Waals surface area contributed by atoms with Crippen LogP contribution in [-0.4, -0.2) is 19.9 Å². The molecule has 1 aliphatic rings. The molecule has 0 atom stereocenters. The lowest BCUT2D eigenvalue weighted by Crippen LogP contribution is -2.26. The molecular formula is C12H21N3O. The van der Waals surface area contributed by atoms with Gasteiger partial charge in [0.15, 0.2) is 5.82 Å². The molecule has 1 aliphatic carbocycles. The molecule has 4 nitrogen and oxygen atoms in total. The summed E-state index contributed by atoms with van der Waals surface area (Å²) >= 11 is 0. The third-order valence-corrected chi connectivity index (χ3v) is 4.00. The normalized spacial score (nSPS) is 19.2. The third-order valence-electron chi connectivity index (χ3n) is 4.00. The van der Waals surface area contributed by atoms with Gasteiger partial charge in [-0.2, -0.15) is 0 Å².